The Morgan fingerprint density at radius 1 is 1.12 bits per heavy atom. The Labute approximate surface area is 166 Å². The van der Waals surface area contributed by atoms with E-state index in [1.54, 1.807) is 7.11 Å². The molecule has 0 fully saturated rings. The SMILES string of the molecule is C=CCCCCCN(C)C(=NCCCN(C)CCOC)NCC.I. The molecule has 0 spiro atoms. The molecule has 6 heteroatoms. The average Bonchev–Trinajstić information content (AvgIpc) is 2.55. The maximum atomic E-state index is 5.09. The lowest BCUT2D eigenvalue weighted by molar-refractivity contribution is 0.161. The molecule has 0 heterocycles. The molecule has 0 aromatic heterocycles. The lowest BCUT2D eigenvalue weighted by Crippen LogP contribution is -2.39. The number of nitrogens with one attached hydrogen (secondary N) is 1. The van der Waals surface area contributed by atoms with E-state index in [0.717, 1.165) is 58.1 Å². The third-order valence-electron chi connectivity index (χ3n) is 3.73. The number of allylic oxidation sites excluding steroid dienone is 1. The zero-order valence-electron chi connectivity index (χ0n) is 16.2. The highest BCUT2D eigenvalue weighted by Crippen LogP contribution is 2.02. The van der Waals surface area contributed by atoms with Gasteiger partial charge in [0.25, 0.3) is 0 Å². The fourth-order valence-corrected chi connectivity index (χ4v) is 2.27. The number of nitrogens with zero attached hydrogens (tertiary/aromatic N) is 3. The van der Waals surface area contributed by atoms with Gasteiger partial charge in [0, 0.05) is 40.3 Å². The summed E-state index contributed by atoms with van der Waals surface area (Å²) >= 11 is 0. The quantitative estimate of drug-likeness (QED) is 0.144. The predicted octanol–water partition coefficient (Wildman–Crippen LogP) is 3.22. The molecule has 0 rings (SSSR count). The van der Waals surface area contributed by atoms with Gasteiger partial charge in [-0.15, -0.1) is 30.6 Å². The lowest BCUT2D eigenvalue weighted by atomic mass is 10.2. The number of methoxy groups -OCH3 is 1. The van der Waals surface area contributed by atoms with Crippen molar-refractivity contribution in [2.75, 3.05) is 60.5 Å². The van der Waals surface area contributed by atoms with Crippen molar-refractivity contribution >= 4 is 29.9 Å². The van der Waals surface area contributed by atoms with E-state index in [2.05, 4.69) is 42.7 Å². The molecule has 144 valence electrons. The van der Waals surface area contributed by atoms with Crippen LogP contribution in [0.5, 0.6) is 0 Å². The van der Waals surface area contributed by atoms with Crippen LogP contribution in [-0.2, 0) is 4.74 Å². The minimum absolute atomic E-state index is 0. The van der Waals surface area contributed by atoms with Gasteiger partial charge in [0.05, 0.1) is 6.61 Å². The highest BCUT2D eigenvalue weighted by Gasteiger charge is 2.05. The molecule has 0 amide bonds. The molecule has 0 saturated carbocycles. The van der Waals surface area contributed by atoms with Gasteiger partial charge < -0.3 is 19.9 Å². The number of ether oxygens (including phenoxy) is 1. The van der Waals surface area contributed by atoms with Crippen LogP contribution in [0.25, 0.3) is 0 Å². The number of likely N-dealkylation sites (N-methyl/N-ethyl adjacent to an activating group) is 1. The minimum atomic E-state index is 0. The van der Waals surface area contributed by atoms with E-state index < -0.39 is 0 Å². The normalized spacial score (nSPS) is 11.3. The van der Waals surface area contributed by atoms with E-state index in [4.69, 9.17) is 9.73 Å². The van der Waals surface area contributed by atoms with Gasteiger partial charge in [-0.25, -0.2) is 0 Å². The monoisotopic (exact) mass is 454 g/mol. The van der Waals surface area contributed by atoms with Crippen LogP contribution in [0, 0.1) is 0 Å². The molecule has 0 saturated heterocycles. The summed E-state index contributed by atoms with van der Waals surface area (Å²) in [5.74, 6) is 1.02. The Morgan fingerprint density at radius 2 is 1.88 bits per heavy atom. The molecule has 0 aromatic carbocycles. The van der Waals surface area contributed by atoms with Crippen LogP contribution in [-0.4, -0.2) is 76.3 Å². The Kier molecular flexibility index (Phi) is 20.5. The Balaban J connectivity index is 0. The van der Waals surface area contributed by atoms with E-state index in [1.807, 2.05) is 6.08 Å². The van der Waals surface area contributed by atoms with Crippen molar-refractivity contribution in [3.8, 4) is 0 Å². The Morgan fingerprint density at radius 3 is 2.50 bits per heavy atom. The summed E-state index contributed by atoms with van der Waals surface area (Å²) in [5.41, 5.74) is 0. The highest BCUT2D eigenvalue weighted by atomic mass is 127. The van der Waals surface area contributed by atoms with Crippen LogP contribution in [0.15, 0.2) is 17.6 Å². The van der Waals surface area contributed by atoms with Crippen molar-refractivity contribution in [1.82, 2.24) is 15.1 Å². The number of guanidine groups is 1. The lowest BCUT2D eigenvalue weighted by Gasteiger charge is -2.22. The van der Waals surface area contributed by atoms with Crippen molar-refractivity contribution in [3.63, 3.8) is 0 Å². The summed E-state index contributed by atoms with van der Waals surface area (Å²) in [5, 5.41) is 3.38. The van der Waals surface area contributed by atoms with E-state index >= 15 is 0 Å². The van der Waals surface area contributed by atoms with Gasteiger partial charge >= 0.3 is 0 Å². The van der Waals surface area contributed by atoms with Crippen LogP contribution in [0.4, 0.5) is 0 Å². The number of hydrogen-bond donors (Lipinski definition) is 1. The first-order valence-corrected chi connectivity index (χ1v) is 8.93. The van der Waals surface area contributed by atoms with Gasteiger partial charge in [-0.1, -0.05) is 12.5 Å². The third-order valence-corrected chi connectivity index (χ3v) is 3.73. The summed E-state index contributed by atoms with van der Waals surface area (Å²) in [6.07, 6.45) is 7.88. The molecule has 0 atom stereocenters. The number of halogens is 1. The summed E-state index contributed by atoms with van der Waals surface area (Å²) in [7, 11) is 6.00. The van der Waals surface area contributed by atoms with Crippen molar-refractivity contribution < 1.29 is 4.74 Å². The van der Waals surface area contributed by atoms with E-state index in [0.29, 0.717) is 0 Å². The first kappa shape index (κ1) is 25.9. The maximum absolute atomic E-state index is 5.09. The summed E-state index contributed by atoms with van der Waals surface area (Å²) < 4.78 is 5.09. The fraction of sp³-hybridized carbons (Fsp3) is 0.833. The van der Waals surface area contributed by atoms with Crippen molar-refractivity contribution in [3.05, 3.63) is 12.7 Å². The Hall–Kier alpha value is -0.340. The molecule has 0 aliphatic heterocycles. The molecule has 0 bridgehead atoms. The zero-order valence-corrected chi connectivity index (χ0v) is 18.6. The smallest absolute Gasteiger partial charge is 0.193 e. The second kappa shape index (κ2) is 19.0. The first-order chi connectivity index (χ1) is 11.2. The van der Waals surface area contributed by atoms with Gasteiger partial charge in [0.1, 0.15) is 0 Å². The van der Waals surface area contributed by atoms with Gasteiger partial charge in [0.15, 0.2) is 5.96 Å². The summed E-state index contributed by atoms with van der Waals surface area (Å²) in [6, 6.07) is 0. The molecular formula is C18H39IN4O. The standard InChI is InChI=1S/C18H38N4O.HI/c1-6-8-9-10-11-15-22(4)18(19-7-2)20-13-12-14-21(3)16-17-23-5;/h6H,1,7-17H2,2-5H3,(H,19,20);1H. The molecule has 0 aromatic rings. The number of unbranched alkanes of at least 4 members (excludes halogenated alkanes) is 3. The third kappa shape index (κ3) is 15.2. The van der Waals surface area contributed by atoms with E-state index in [9.17, 15) is 0 Å². The van der Waals surface area contributed by atoms with Crippen LogP contribution < -0.4 is 5.32 Å². The second-order valence-electron chi connectivity index (χ2n) is 5.94. The Bertz CT molecular complexity index is 313. The van der Waals surface area contributed by atoms with Crippen molar-refractivity contribution in [2.24, 2.45) is 4.99 Å². The summed E-state index contributed by atoms with van der Waals surface area (Å²) in [6.45, 7) is 11.5. The first-order valence-electron chi connectivity index (χ1n) is 8.93. The largest absolute Gasteiger partial charge is 0.383 e. The van der Waals surface area contributed by atoms with Crippen LogP contribution in [0.3, 0.4) is 0 Å². The number of hydrogen-bond acceptors (Lipinski definition) is 3. The maximum Gasteiger partial charge on any atom is 0.193 e. The van der Waals surface area contributed by atoms with Crippen LogP contribution >= 0.6 is 24.0 Å². The molecule has 0 unspecified atom stereocenters. The zero-order chi connectivity index (χ0) is 17.3. The molecule has 1 N–H and O–H groups in total. The topological polar surface area (TPSA) is 40.1 Å². The van der Waals surface area contributed by atoms with Crippen molar-refractivity contribution in [1.29, 1.82) is 0 Å². The van der Waals surface area contributed by atoms with Crippen LogP contribution in [0.2, 0.25) is 0 Å². The number of aliphatic imine (C=N–C) groups is 1. The average molecular weight is 454 g/mol. The van der Waals surface area contributed by atoms with E-state index in [1.165, 1.54) is 19.3 Å². The highest BCUT2D eigenvalue weighted by molar-refractivity contribution is 14.0. The van der Waals surface area contributed by atoms with Gasteiger partial charge in [-0.2, -0.15) is 0 Å². The predicted molar refractivity (Wildman–Crippen MR) is 117 cm³/mol. The van der Waals surface area contributed by atoms with Gasteiger partial charge in [-0.3, -0.25) is 4.99 Å². The number of rotatable bonds is 14. The van der Waals surface area contributed by atoms with Crippen molar-refractivity contribution in [2.45, 2.75) is 39.0 Å². The fourth-order valence-electron chi connectivity index (χ4n) is 2.27. The molecule has 0 aliphatic carbocycles. The van der Waals surface area contributed by atoms with E-state index in [-0.39, 0.29) is 24.0 Å². The van der Waals surface area contributed by atoms with Gasteiger partial charge in [-0.05, 0) is 46.2 Å². The molecule has 24 heavy (non-hydrogen) atoms. The second-order valence-corrected chi connectivity index (χ2v) is 5.94. The summed E-state index contributed by atoms with van der Waals surface area (Å²) in [4.78, 5) is 9.27. The molecule has 0 aliphatic rings. The van der Waals surface area contributed by atoms with Gasteiger partial charge in [0.2, 0.25) is 0 Å². The molecule has 0 radical (unpaired) electrons. The molecular weight excluding hydrogens is 415 g/mol. The van der Waals surface area contributed by atoms with Crippen LogP contribution in [0.1, 0.15) is 39.0 Å². The molecule has 5 nitrogen and oxygen atoms in total. The minimum Gasteiger partial charge on any atom is -0.383 e.